The van der Waals surface area contributed by atoms with Crippen molar-refractivity contribution >= 4 is 29.3 Å². The first-order valence-electron chi connectivity index (χ1n) is 10.9. The molecule has 1 atom stereocenters. The summed E-state index contributed by atoms with van der Waals surface area (Å²) in [5.41, 5.74) is 0.652. The maximum atomic E-state index is 12.9. The Bertz CT molecular complexity index is 986. The molecule has 1 aromatic heterocycles. The van der Waals surface area contributed by atoms with Gasteiger partial charge in [0.1, 0.15) is 18.7 Å². The van der Waals surface area contributed by atoms with Crippen LogP contribution in [0.15, 0.2) is 36.9 Å². The molecule has 10 heteroatoms. The van der Waals surface area contributed by atoms with Gasteiger partial charge in [-0.15, -0.1) is 0 Å². The number of fused-ring (bicyclic) bond motifs is 1. The van der Waals surface area contributed by atoms with Gasteiger partial charge >= 0.3 is 0 Å². The third-order valence-corrected chi connectivity index (χ3v) is 5.56. The Kier molecular flexibility index (Phi) is 8.59. The van der Waals surface area contributed by atoms with E-state index in [9.17, 15) is 14.4 Å². The second-order valence-electron chi connectivity index (χ2n) is 8.19. The minimum atomic E-state index is -0.328. The average molecular weight is 474 g/mol. The number of amides is 3. The molecule has 1 aliphatic heterocycles. The molecular weight excluding hydrogens is 446 g/mol. The summed E-state index contributed by atoms with van der Waals surface area (Å²) in [6.45, 7) is 4.73. The Morgan fingerprint density at radius 3 is 2.70 bits per heavy atom. The quantitative estimate of drug-likeness (QED) is 0.692. The molecule has 1 aliphatic rings. The topological polar surface area (TPSA) is 114 Å². The van der Waals surface area contributed by atoms with E-state index in [-0.39, 0.29) is 42.8 Å². The number of benzene rings is 1. The highest BCUT2D eigenvalue weighted by molar-refractivity contribution is 6.31. The normalized spacial score (nSPS) is 18.3. The first kappa shape index (κ1) is 24.4. The first-order chi connectivity index (χ1) is 15.8. The molecule has 0 saturated carbocycles. The monoisotopic (exact) mass is 473 g/mol. The van der Waals surface area contributed by atoms with Gasteiger partial charge in [0.25, 0.3) is 11.8 Å². The highest BCUT2D eigenvalue weighted by Gasteiger charge is 2.24. The van der Waals surface area contributed by atoms with Gasteiger partial charge in [-0.2, -0.15) is 0 Å². The van der Waals surface area contributed by atoms with Crippen molar-refractivity contribution in [2.24, 2.45) is 5.92 Å². The molecule has 0 aliphatic carbocycles. The molecule has 0 saturated heterocycles. The molecule has 0 bridgehead atoms. The van der Waals surface area contributed by atoms with E-state index < -0.39 is 0 Å². The molecule has 0 radical (unpaired) electrons. The van der Waals surface area contributed by atoms with Crippen molar-refractivity contribution in [3.05, 3.63) is 53.1 Å². The van der Waals surface area contributed by atoms with E-state index in [1.807, 2.05) is 13.8 Å². The number of carbonyl (C=O) groups is 3. The van der Waals surface area contributed by atoms with Gasteiger partial charge in [0.15, 0.2) is 0 Å². The van der Waals surface area contributed by atoms with Crippen molar-refractivity contribution in [1.29, 1.82) is 0 Å². The number of rotatable bonds is 2. The summed E-state index contributed by atoms with van der Waals surface area (Å²) in [5.74, 6) is -0.447. The predicted octanol–water partition coefficient (Wildman–Crippen LogP) is 2.32. The van der Waals surface area contributed by atoms with Crippen molar-refractivity contribution in [2.45, 2.75) is 32.7 Å². The summed E-state index contributed by atoms with van der Waals surface area (Å²) < 4.78 is 5.92. The standard InChI is InChI=1S/C23H28ClN5O4/c1-15(2)19-13-33-20-6-5-17(24)9-18(20)22(31)27-7-3-4-8-29(12-21(30)28-19)23(32)16-10-25-14-26-11-16/h5-6,9-11,14-15,19H,3-4,7-8,12-13H2,1-2H3,(H,27,31)(H,28,30)/t19-/m0/s1. The summed E-state index contributed by atoms with van der Waals surface area (Å²) in [4.78, 5) is 47.8. The smallest absolute Gasteiger partial charge is 0.257 e. The van der Waals surface area contributed by atoms with Gasteiger partial charge in [0.2, 0.25) is 5.91 Å². The zero-order chi connectivity index (χ0) is 23.8. The number of hydrogen-bond acceptors (Lipinski definition) is 6. The lowest BCUT2D eigenvalue weighted by molar-refractivity contribution is -0.123. The van der Waals surface area contributed by atoms with E-state index in [1.165, 1.54) is 23.6 Å². The van der Waals surface area contributed by atoms with Crippen molar-refractivity contribution < 1.29 is 19.1 Å². The van der Waals surface area contributed by atoms with Crippen LogP contribution < -0.4 is 15.4 Å². The van der Waals surface area contributed by atoms with Crippen LogP contribution >= 0.6 is 11.6 Å². The summed E-state index contributed by atoms with van der Waals surface area (Å²) >= 11 is 6.09. The van der Waals surface area contributed by atoms with Crippen LogP contribution in [-0.2, 0) is 4.79 Å². The van der Waals surface area contributed by atoms with Crippen LogP contribution in [0.2, 0.25) is 5.02 Å². The van der Waals surface area contributed by atoms with Crippen LogP contribution in [0.25, 0.3) is 0 Å². The summed E-state index contributed by atoms with van der Waals surface area (Å²) in [7, 11) is 0. The molecule has 3 rings (SSSR count). The van der Waals surface area contributed by atoms with Crippen LogP contribution in [0.3, 0.4) is 0 Å². The maximum Gasteiger partial charge on any atom is 0.257 e. The molecule has 2 N–H and O–H groups in total. The third kappa shape index (κ3) is 6.89. The van der Waals surface area contributed by atoms with Crippen LogP contribution in [0.4, 0.5) is 0 Å². The van der Waals surface area contributed by atoms with E-state index in [0.29, 0.717) is 47.8 Å². The van der Waals surface area contributed by atoms with E-state index >= 15 is 0 Å². The highest BCUT2D eigenvalue weighted by atomic mass is 35.5. The molecule has 0 fully saturated rings. The Balaban J connectivity index is 1.82. The molecule has 176 valence electrons. The Labute approximate surface area is 197 Å². The van der Waals surface area contributed by atoms with Crippen molar-refractivity contribution in [3.63, 3.8) is 0 Å². The van der Waals surface area contributed by atoms with E-state index in [1.54, 1.807) is 18.2 Å². The lowest BCUT2D eigenvalue weighted by atomic mass is 10.1. The average Bonchev–Trinajstić information content (AvgIpc) is 2.81. The number of aromatic nitrogens is 2. The van der Waals surface area contributed by atoms with Crippen LogP contribution in [0.1, 0.15) is 47.4 Å². The van der Waals surface area contributed by atoms with E-state index in [0.717, 1.165) is 0 Å². The minimum absolute atomic E-state index is 0.0564. The van der Waals surface area contributed by atoms with E-state index in [2.05, 4.69) is 20.6 Å². The summed E-state index contributed by atoms with van der Waals surface area (Å²) in [5, 5.41) is 6.26. The van der Waals surface area contributed by atoms with Crippen molar-refractivity contribution in [2.75, 3.05) is 26.2 Å². The molecule has 0 unspecified atom stereocenters. The molecule has 33 heavy (non-hydrogen) atoms. The molecule has 2 aromatic rings. The number of ether oxygens (including phenoxy) is 1. The zero-order valence-corrected chi connectivity index (χ0v) is 19.5. The lowest BCUT2D eigenvalue weighted by Crippen LogP contribution is -2.48. The number of carbonyl (C=O) groups excluding carboxylic acids is 3. The van der Waals surface area contributed by atoms with Gasteiger partial charge in [-0.1, -0.05) is 25.4 Å². The van der Waals surface area contributed by atoms with Crippen molar-refractivity contribution in [1.82, 2.24) is 25.5 Å². The molecule has 3 amide bonds. The van der Waals surface area contributed by atoms with Gasteiger partial charge in [-0.05, 0) is 37.0 Å². The summed E-state index contributed by atoms with van der Waals surface area (Å²) in [6, 6.07) is 4.54. The Morgan fingerprint density at radius 2 is 1.97 bits per heavy atom. The number of nitrogens with one attached hydrogen (secondary N) is 2. The highest BCUT2D eigenvalue weighted by Crippen LogP contribution is 2.23. The first-order valence-corrected chi connectivity index (χ1v) is 11.3. The van der Waals surface area contributed by atoms with Crippen LogP contribution in [0.5, 0.6) is 5.75 Å². The second kappa shape index (κ2) is 11.6. The van der Waals surface area contributed by atoms with Gasteiger partial charge < -0.3 is 20.3 Å². The minimum Gasteiger partial charge on any atom is -0.491 e. The Morgan fingerprint density at radius 1 is 1.21 bits per heavy atom. The fourth-order valence-corrected chi connectivity index (χ4v) is 3.55. The maximum absolute atomic E-state index is 12.9. The fourth-order valence-electron chi connectivity index (χ4n) is 3.38. The van der Waals surface area contributed by atoms with Crippen molar-refractivity contribution in [3.8, 4) is 5.75 Å². The van der Waals surface area contributed by atoms with Gasteiger partial charge in [-0.3, -0.25) is 14.4 Å². The number of hydrogen-bond donors (Lipinski definition) is 2. The van der Waals surface area contributed by atoms with Gasteiger partial charge in [0.05, 0.1) is 23.7 Å². The fraction of sp³-hybridized carbons (Fsp3) is 0.435. The molecule has 2 heterocycles. The largest absolute Gasteiger partial charge is 0.491 e. The second-order valence-corrected chi connectivity index (χ2v) is 8.62. The SMILES string of the molecule is CC(C)[C@@H]1COc2ccc(Cl)cc2C(=O)NCCCCN(C(=O)c2cncnc2)CC(=O)N1. The summed E-state index contributed by atoms with van der Waals surface area (Å²) in [6.07, 6.45) is 5.41. The molecular formula is C23H28ClN5O4. The molecule has 0 spiro atoms. The number of nitrogens with zero attached hydrogens (tertiary/aromatic N) is 3. The van der Waals surface area contributed by atoms with Crippen LogP contribution in [0, 0.1) is 5.92 Å². The van der Waals surface area contributed by atoms with Gasteiger partial charge in [0, 0.05) is 30.5 Å². The molecule has 1 aromatic carbocycles. The van der Waals surface area contributed by atoms with E-state index in [4.69, 9.17) is 16.3 Å². The number of halogens is 1. The predicted molar refractivity (Wildman–Crippen MR) is 123 cm³/mol. The van der Waals surface area contributed by atoms with Gasteiger partial charge in [-0.25, -0.2) is 9.97 Å². The lowest BCUT2D eigenvalue weighted by Gasteiger charge is -2.26. The molecule has 9 nitrogen and oxygen atoms in total. The third-order valence-electron chi connectivity index (χ3n) is 5.33. The zero-order valence-electron chi connectivity index (χ0n) is 18.7. The van der Waals surface area contributed by atoms with Crippen LogP contribution in [-0.4, -0.2) is 64.9 Å². The Hall–Kier alpha value is -3.20.